The van der Waals surface area contributed by atoms with Crippen LogP contribution in [0.4, 0.5) is 4.79 Å². The molecule has 104 valence electrons. The summed E-state index contributed by atoms with van der Waals surface area (Å²) in [5, 5.41) is 13.6. The fourth-order valence-electron chi connectivity index (χ4n) is 1.89. The second-order valence-electron chi connectivity index (χ2n) is 4.69. The number of rotatable bonds is 6. The van der Waals surface area contributed by atoms with E-state index in [2.05, 4.69) is 5.32 Å². The second kappa shape index (κ2) is 6.06. The highest BCUT2D eigenvalue weighted by molar-refractivity contribution is 7.09. The Morgan fingerprint density at radius 3 is 2.79 bits per heavy atom. The average Bonchev–Trinajstić information content (AvgIpc) is 3.09. The number of carboxylic acids is 1. The standard InChI is InChI=1S/C13H18N2O3S/c1-2-11(12(16)17)14-13(18)15(9-5-6-9)8-10-4-3-7-19-10/h3-4,7,9,11H,2,5-6,8H2,1H3,(H,14,18)(H,16,17)/t11-/m1/s1. The van der Waals surface area contributed by atoms with Crippen LogP contribution in [0.2, 0.25) is 0 Å². The zero-order valence-corrected chi connectivity index (χ0v) is 11.7. The number of urea groups is 1. The van der Waals surface area contributed by atoms with E-state index in [1.54, 1.807) is 23.2 Å². The van der Waals surface area contributed by atoms with Gasteiger partial charge in [-0.25, -0.2) is 9.59 Å². The quantitative estimate of drug-likeness (QED) is 0.841. The van der Waals surface area contributed by atoms with Crippen molar-refractivity contribution in [3.8, 4) is 0 Å². The topological polar surface area (TPSA) is 69.6 Å². The van der Waals surface area contributed by atoms with Gasteiger partial charge in [0.25, 0.3) is 0 Å². The summed E-state index contributed by atoms with van der Waals surface area (Å²) in [5.41, 5.74) is 0. The van der Waals surface area contributed by atoms with Crippen LogP contribution in [0.25, 0.3) is 0 Å². The Bertz CT molecular complexity index is 443. The minimum atomic E-state index is -0.984. The molecule has 0 radical (unpaired) electrons. The molecule has 19 heavy (non-hydrogen) atoms. The second-order valence-corrected chi connectivity index (χ2v) is 5.72. The van der Waals surface area contributed by atoms with E-state index in [1.807, 2.05) is 17.5 Å². The molecule has 1 aliphatic carbocycles. The van der Waals surface area contributed by atoms with Crippen LogP contribution < -0.4 is 5.32 Å². The molecule has 0 bridgehead atoms. The SMILES string of the molecule is CC[C@@H](NC(=O)N(Cc1cccs1)C1CC1)C(=O)O. The maximum atomic E-state index is 12.2. The molecule has 0 aromatic carbocycles. The van der Waals surface area contributed by atoms with E-state index in [0.29, 0.717) is 13.0 Å². The lowest BCUT2D eigenvalue weighted by molar-refractivity contribution is -0.139. The number of hydrogen-bond acceptors (Lipinski definition) is 3. The predicted molar refractivity (Wildman–Crippen MR) is 73.1 cm³/mol. The number of nitrogens with one attached hydrogen (secondary N) is 1. The summed E-state index contributed by atoms with van der Waals surface area (Å²) in [6.45, 7) is 2.31. The Hall–Kier alpha value is -1.56. The molecule has 1 saturated carbocycles. The van der Waals surface area contributed by atoms with Crippen molar-refractivity contribution >= 4 is 23.3 Å². The van der Waals surface area contributed by atoms with Gasteiger partial charge in [0.1, 0.15) is 6.04 Å². The molecule has 2 N–H and O–H groups in total. The van der Waals surface area contributed by atoms with E-state index < -0.39 is 12.0 Å². The maximum Gasteiger partial charge on any atom is 0.326 e. The third-order valence-electron chi connectivity index (χ3n) is 3.16. The molecule has 0 saturated heterocycles. The number of carbonyl (C=O) groups excluding carboxylic acids is 1. The van der Waals surface area contributed by atoms with E-state index in [-0.39, 0.29) is 12.1 Å². The zero-order chi connectivity index (χ0) is 13.8. The van der Waals surface area contributed by atoms with Crippen molar-refractivity contribution in [2.24, 2.45) is 0 Å². The highest BCUT2D eigenvalue weighted by Crippen LogP contribution is 2.29. The van der Waals surface area contributed by atoms with E-state index in [9.17, 15) is 9.59 Å². The van der Waals surface area contributed by atoms with Gasteiger partial charge >= 0.3 is 12.0 Å². The molecule has 1 atom stereocenters. The van der Waals surface area contributed by atoms with Crippen LogP contribution >= 0.6 is 11.3 Å². The van der Waals surface area contributed by atoms with Crippen molar-refractivity contribution < 1.29 is 14.7 Å². The number of hydrogen-bond donors (Lipinski definition) is 2. The van der Waals surface area contributed by atoms with E-state index >= 15 is 0 Å². The number of nitrogens with zero attached hydrogens (tertiary/aromatic N) is 1. The summed E-state index contributed by atoms with van der Waals surface area (Å²) in [6, 6.07) is 3.12. The van der Waals surface area contributed by atoms with E-state index in [4.69, 9.17) is 5.11 Å². The van der Waals surface area contributed by atoms with Crippen molar-refractivity contribution in [2.45, 2.75) is 44.8 Å². The minimum Gasteiger partial charge on any atom is -0.480 e. The summed E-state index contributed by atoms with van der Waals surface area (Å²) in [6.07, 6.45) is 2.39. The van der Waals surface area contributed by atoms with Crippen LogP contribution in [0.15, 0.2) is 17.5 Å². The van der Waals surface area contributed by atoms with Gasteiger partial charge in [-0.15, -0.1) is 11.3 Å². The first-order valence-electron chi connectivity index (χ1n) is 6.44. The molecule has 1 heterocycles. The minimum absolute atomic E-state index is 0.258. The van der Waals surface area contributed by atoms with E-state index in [0.717, 1.165) is 17.7 Å². The van der Waals surface area contributed by atoms with Gasteiger partial charge < -0.3 is 15.3 Å². The lowest BCUT2D eigenvalue weighted by Gasteiger charge is -2.24. The molecular weight excluding hydrogens is 264 g/mol. The van der Waals surface area contributed by atoms with Gasteiger partial charge in [-0.3, -0.25) is 0 Å². The monoisotopic (exact) mass is 282 g/mol. The van der Waals surface area contributed by atoms with Gasteiger partial charge in [-0.2, -0.15) is 0 Å². The summed E-state index contributed by atoms with van der Waals surface area (Å²) in [4.78, 5) is 26.0. The van der Waals surface area contributed by atoms with Crippen LogP contribution in [0, 0.1) is 0 Å². The molecule has 0 aliphatic heterocycles. The van der Waals surface area contributed by atoms with E-state index in [1.165, 1.54) is 0 Å². The number of thiophene rings is 1. The van der Waals surface area contributed by atoms with Crippen molar-refractivity contribution in [1.29, 1.82) is 0 Å². The van der Waals surface area contributed by atoms with Crippen molar-refractivity contribution in [3.05, 3.63) is 22.4 Å². The van der Waals surface area contributed by atoms with Gasteiger partial charge in [0, 0.05) is 10.9 Å². The molecule has 6 heteroatoms. The smallest absolute Gasteiger partial charge is 0.326 e. The first-order chi connectivity index (χ1) is 9.11. The number of carbonyl (C=O) groups is 2. The fraction of sp³-hybridized carbons (Fsp3) is 0.538. The normalized spacial score (nSPS) is 15.8. The Morgan fingerprint density at radius 1 is 1.58 bits per heavy atom. The molecule has 0 spiro atoms. The van der Waals surface area contributed by atoms with Gasteiger partial charge in [0.05, 0.1) is 6.54 Å². The molecule has 1 fully saturated rings. The van der Waals surface area contributed by atoms with Gasteiger partial charge in [-0.05, 0) is 30.7 Å². The molecule has 2 rings (SSSR count). The third-order valence-corrected chi connectivity index (χ3v) is 4.02. The number of amides is 2. The Labute approximate surface area is 116 Å². The maximum absolute atomic E-state index is 12.2. The summed E-state index contributed by atoms with van der Waals surface area (Å²) in [7, 11) is 0. The van der Waals surface area contributed by atoms with Crippen LogP contribution in [0.1, 0.15) is 31.1 Å². The highest BCUT2D eigenvalue weighted by Gasteiger charge is 2.34. The molecule has 5 nitrogen and oxygen atoms in total. The Kier molecular flexibility index (Phi) is 4.42. The highest BCUT2D eigenvalue weighted by atomic mass is 32.1. The fourth-order valence-corrected chi connectivity index (χ4v) is 2.60. The third kappa shape index (κ3) is 3.70. The molecule has 1 aromatic rings. The summed E-state index contributed by atoms with van der Waals surface area (Å²) < 4.78 is 0. The van der Waals surface area contributed by atoms with Crippen LogP contribution in [0.5, 0.6) is 0 Å². The van der Waals surface area contributed by atoms with Crippen molar-refractivity contribution in [1.82, 2.24) is 10.2 Å². The van der Waals surface area contributed by atoms with Gasteiger partial charge in [0.15, 0.2) is 0 Å². The molecular formula is C13H18N2O3S. The number of carboxylic acid groups (broad SMARTS) is 1. The zero-order valence-electron chi connectivity index (χ0n) is 10.8. The summed E-state index contributed by atoms with van der Waals surface area (Å²) >= 11 is 1.61. The Morgan fingerprint density at radius 2 is 2.32 bits per heavy atom. The predicted octanol–water partition coefficient (Wildman–Crippen LogP) is 2.29. The largest absolute Gasteiger partial charge is 0.480 e. The Balaban J connectivity index is 1.98. The lowest BCUT2D eigenvalue weighted by atomic mass is 10.2. The van der Waals surface area contributed by atoms with Crippen molar-refractivity contribution in [3.63, 3.8) is 0 Å². The van der Waals surface area contributed by atoms with Gasteiger partial charge in [0.2, 0.25) is 0 Å². The summed E-state index contributed by atoms with van der Waals surface area (Å²) in [5.74, 6) is -0.984. The molecule has 1 aliphatic rings. The first-order valence-corrected chi connectivity index (χ1v) is 7.32. The number of aliphatic carboxylic acids is 1. The van der Waals surface area contributed by atoms with Crippen LogP contribution in [-0.4, -0.2) is 34.1 Å². The van der Waals surface area contributed by atoms with Crippen LogP contribution in [-0.2, 0) is 11.3 Å². The average molecular weight is 282 g/mol. The first kappa shape index (κ1) is 13.9. The van der Waals surface area contributed by atoms with Gasteiger partial charge in [-0.1, -0.05) is 13.0 Å². The molecule has 1 aromatic heterocycles. The van der Waals surface area contributed by atoms with Crippen molar-refractivity contribution in [2.75, 3.05) is 0 Å². The molecule has 2 amide bonds. The van der Waals surface area contributed by atoms with Crippen LogP contribution in [0.3, 0.4) is 0 Å². The lowest BCUT2D eigenvalue weighted by Crippen LogP contribution is -2.48. The molecule has 0 unspecified atom stereocenters.